The second-order valence-electron chi connectivity index (χ2n) is 4.93. The van der Waals surface area contributed by atoms with Crippen LogP contribution in [0.2, 0.25) is 0 Å². The molecule has 1 aliphatic rings. The van der Waals surface area contributed by atoms with Crippen LogP contribution in [0, 0.1) is 20.2 Å². The Morgan fingerprint density at radius 3 is 2.38 bits per heavy atom. The van der Waals surface area contributed by atoms with E-state index in [1.54, 1.807) is 18.2 Å². The molecular formula is C15H12N2O6S. The molecule has 0 saturated heterocycles. The summed E-state index contributed by atoms with van der Waals surface area (Å²) in [6, 6.07) is 8.85. The van der Waals surface area contributed by atoms with E-state index in [4.69, 9.17) is 9.47 Å². The molecule has 0 aromatic heterocycles. The molecule has 124 valence electrons. The van der Waals surface area contributed by atoms with E-state index >= 15 is 0 Å². The van der Waals surface area contributed by atoms with Gasteiger partial charge in [0.15, 0.2) is 11.5 Å². The van der Waals surface area contributed by atoms with Gasteiger partial charge >= 0.3 is 0 Å². The molecule has 0 atom stereocenters. The molecule has 9 heteroatoms. The largest absolute Gasteiger partial charge is 0.490 e. The first kappa shape index (κ1) is 16.1. The fourth-order valence-electron chi connectivity index (χ4n) is 2.18. The molecule has 0 N–H and O–H groups in total. The molecule has 24 heavy (non-hydrogen) atoms. The molecule has 0 saturated carbocycles. The van der Waals surface area contributed by atoms with E-state index in [0.717, 1.165) is 29.1 Å². The smallest absolute Gasteiger partial charge is 0.290 e. The van der Waals surface area contributed by atoms with Crippen molar-refractivity contribution in [2.45, 2.75) is 16.2 Å². The number of hydrogen-bond acceptors (Lipinski definition) is 7. The van der Waals surface area contributed by atoms with Crippen molar-refractivity contribution >= 4 is 23.1 Å². The molecule has 0 bridgehead atoms. The fourth-order valence-corrected chi connectivity index (χ4v) is 3.11. The summed E-state index contributed by atoms with van der Waals surface area (Å²) >= 11 is 1.14. The Morgan fingerprint density at radius 1 is 0.917 bits per heavy atom. The van der Waals surface area contributed by atoms with Gasteiger partial charge in [0.05, 0.1) is 34.0 Å². The van der Waals surface area contributed by atoms with Gasteiger partial charge in [-0.1, -0.05) is 11.8 Å². The van der Waals surface area contributed by atoms with Crippen molar-refractivity contribution in [3.05, 3.63) is 56.6 Å². The minimum Gasteiger partial charge on any atom is -0.490 e. The highest BCUT2D eigenvalue weighted by molar-refractivity contribution is 7.99. The molecular weight excluding hydrogens is 336 g/mol. The van der Waals surface area contributed by atoms with Gasteiger partial charge in [0.1, 0.15) is 0 Å². The summed E-state index contributed by atoms with van der Waals surface area (Å²) < 4.78 is 11.1. The summed E-state index contributed by atoms with van der Waals surface area (Å²) in [5, 5.41) is 22.0. The van der Waals surface area contributed by atoms with E-state index in [2.05, 4.69) is 0 Å². The Labute approximate surface area is 140 Å². The zero-order valence-corrected chi connectivity index (χ0v) is 13.2. The van der Waals surface area contributed by atoms with Crippen LogP contribution in [0.25, 0.3) is 0 Å². The standard InChI is InChI=1S/C15H12N2O6S/c18-16(19)10-2-5-15(12(8-10)17(20)21)24-11-3-4-13-14(9-11)23-7-1-6-22-13/h2-5,8-9H,1,6-7H2. The summed E-state index contributed by atoms with van der Waals surface area (Å²) in [6.45, 7) is 1.12. The average molecular weight is 348 g/mol. The molecule has 0 amide bonds. The van der Waals surface area contributed by atoms with Crippen molar-refractivity contribution in [3.63, 3.8) is 0 Å². The maximum absolute atomic E-state index is 11.2. The predicted octanol–water partition coefficient (Wildman–Crippen LogP) is 3.82. The average Bonchev–Trinajstić information content (AvgIpc) is 2.79. The highest BCUT2D eigenvalue weighted by Crippen LogP contribution is 2.40. The molecule has 0 aliphatic carbocycles. The first-order valence-corrected chi connectivity index (χ1v) is 7.86. The van der Waals surface area contributed by atoms with Gasteiger partial charge in [-0.3, -0.25) is 20.2 Å². The second-order valence-corrected chi connectivity index (χ2v) is 6.04. The Morgan fingerprint density at radius 2 is 1.67 bits per heavy atom. The van der Waals surface area contributed by atoms with Gasteiger partial charge in [-0.15, -0.1) is 0 Å². The van der Waals surface area contributed by atoms with Gasteiger partial charge in [0, 0.05) is 17.4 Å². The molecule has 1 heterocycles. The minimum atomic E-state index is -0.658. The van der Waals surface area contributed by atoms with E-state index in [-0.39, 0.29) is 11.4 Å². The lowest BCUT2D eigenvalue weighted by Gasteiger charge is -2.09. The SMILES string of the molecule is O=[N+]([O-])c1ccc(Sc2ccc3c(c2)OCCCO3)c([N+](=O)[O-])c1. The van der Waals surface area contributed by atoms with Crippen LogP contribution >= 0.6 is 11.8 Å². The topological polar surface area (TPSA) is 105 Å². The van der Waals surface area contributed by atoms with Crippen molar-refractivity contribution in [2.75, 3.05) is 13.2 Å². The number of non-ortho nitro benzene ring substituents is 1. The molecule has 0 fully saturated rings. The number of fused-ring (bicyclic) bond motifs is 1. The van der Waals surface area contributed by atoms with Gasteiger partial charge < -0.3 is 9.47 Å². The number of hydrogen-bond donors (Lipinski definition) is 0. The van der Waals surface area contributed by atoms with Crippen LogP contribution in [0.3, 0.4) is 0 Å². The number of nitro benzene ring substituents is 2. The number of ether oxygens (including phenoxy) is 2. The number of nitro groups is 2. The quantitative estimate of drug-likeness (QED) is 0.611. The molecule has 3 rings (SSSR count). The van der Waals surface area contributed by atoms with Gasteiger partial charge in [0.25, 0.3) is 11.4 Å². The Hall–Kier alpha value is -2.81. The van der Waals surface area contributed by atoms with E-state index in [0.29, 0.717) is 29.6 Å². The third-order valence-electron chi connectivity index (χ3n) is 3.30. The normalized spacial score (nSPS) is 13.2. The molecule has 0 unspecified atom stereocenters. The van der Waals surface area contributed by atoms with Crippen LogP contribution < -0.4 is 9.47 Å². The van der Waals surface area contributed by atoms with Gasteiger partial charge in [-0.25, -0.2) is 0 Å². The third kappa shape index (κ3) is 3.40. The predicted molar refractivity (Wildman–Crippen MR) is 85.9 cm³/mol. The molecule has 1 aliphatic heterocycles. The molecule has 0 spiro atoms. The zero-order chi connectivity index (χ0) is 17.1. The summed E-state index contributed by atoms with van der Waals surface area (Å²) in [5.74, 6) is 1.22. The fraction of sp³-hybridized carbons (Fsp3) is 0.200. The van der Waals surface area contributed by atoms with Crippen LogP contribution in [-0.2, 0) is 0 Å². The van der Waals surface area contributed by atoms with Crippen LogP contribution in [0.4, 0.5) is 11.4 Å². The maximum atomic E-state index is 11.2. The lowest BCUT2D eigenvalue weighted by molar-refractivity contribution is -0.396. The number of nitrogens with zero attached hydrogens (tertiary/aromatic N) is 2. The summed E-state index contributed by atoms with van der Waals surface area (Å²) in [4.78, 5) is 21.7. The highest BCUT2D eigenvalue weighted by Gasteiger charge is 2.21. The monoisotopic (exact) mass is 348 g/mol. The number of rotatable bonds is 4. The van der Waals surface area contributed by atoms with Crippen molar-refractivity contribution in [2.24, 2.45) is 0 Å². The summed E-state index contributed by atoms with van der Waals surface area (Å²) in [6.07, 6.45) is 0.783. The van der Waals surface area contributed by atoms with E-state index < -0.39 is 9.85 Å². The van der Waals surface area contributed by atoms with Gasteiger partial charge in [-0.2, -0.15) is 0 Å². The van der Waals surface area contributed by atoms with Crippen molar-refractivity contribution < 1.29 is 19.3 Å². The van der Waals surface area contributed by atoms with Gasteiger partial charge in [-0.05, 0) is 24.3 Å². The van der Waals surface area contributed by atoms with Crippen LogP contribution in [0.5, 0.6) is 11.5 Å². The summed E-state index contributed by atoms with van der Waals surface area (Å²) in [7, 11) is 0. The number of benzene rings is 2. The Kier molecular flexibility index (Phi) is 4.52. The first-order chi connectivity index (χ1) is 11.5. The first-order valence-electron chi connectivity index (χ1n) is 7.05. The van der Waals surface area contributed by atoms with E-state index in [1.165, 1.54) is 12.1 Å². The molecule has 2 aromatic carbocycles. The Balaban J connectivity index is 1.92. The van der Waals surface area contributed by atoms with Crippen molar-refractivity contribution in [1.82, 2.24) is 0 Å². The maximum Gasteiger partial charge on any atom is 0.290 e. The zero-order valence-electron chi connectivity index (χ0n) is 12.3. The van der Waals surface area contributed by atoms with Crippen LogP contribution in [-0.4, -0.2) is 23.1 Å². The molecule has 0 radical (unpaired) electrons. The van der Waals surface area contributed by atoms with E-state index in [9.17, 15) is 20.2 Å². The van der Waals surface area contributed by atoms with Crippen LogP contribution in [0.15, 0.2) is 46.2 Å². The summed E-state index contributed by atoms with van der Waals surface area (Å²) in [5.41, 5.74) is -0.619. The van der Waals surface area contributed by atoms with Gasteiger partial charge in [0.2, 0.25) is 0 Å². The third-order valence-corrected chi connectivity index (χ3v) is 4.35. The molecule has 2 aromatic rings. The van der Waals surface area contributed by atoms with E-state index in [1.807, 2.05) is 0 Å². The minimum absolute atomic E-state index is 0.304. The van der Waals surface area contributed by atoms with Crippen LogP contribution in [0.1, 0.15) is 6.42 Å². The highest BCUT2D eigenvalue weighted by atomic mass is 32.2. The molecule has 8 nitrogen and oxygen atoms in total. The Bertz CT molecular complexity index is 811. The van der Waals surface area contributed by atoms with Crippen molar-refractivity contribution in [3.8, 4) is 11.5 Å². The lowest BCUT2D eigenvalue weighted by atomic mass is 10.3. The lowest BCUT2D eigenvalue weighted by Crippen LogP contribution is -1.97. The second kappa shape index (κ2) is 6.75. The van der Waals surface area contributed by atoms with Crippen molar-refractivity contribution in [1.29, 1.82) is 0 Å².